The van der Waals surface area contributed by atoms with E-state index in [1.807, 2.05) is 19.1 Å². The summed E-state index contributed by atoms with van der Waals surface area (Å²) in [6.45, 7) is 8.81. The van der Waals surface area contributed by atoms with Crippen molar-refractivity contribution in [2.45, 2.75) is 52.1 Å². The van der Waals surface area contributed by atoms with Gasteiger partial charge in [-0.2, -0.15) is 0 Å². The molecule has 1 aromatic carbocycles. The first-order valence-corrected chi connectivity index (χ1v) is 8.36. The van der Waals surface area contributed by atoms with Gasteiger partial charge in [0.25, 0.3) is 0 Å². The van der Waals surface area contributed by atoms with Crippen LogP contribution in [-0.4, -0.2) is 25.4 Å². The fourth-order valence-corrected chi connectivity index (χ4v) is 5.14. The number of allylic oxidation sites excluding steroid dienone is 1. The van der Waals surface area contributed by atoms with E-state index >= 15 is 0 Å². The van der Waals surface area contributed by atoms with E-state index in [0.29, 0.717) is 5.92 Å². The molecule has 0 bridgehead atoms. The number of methoxy groups -OCH3 is 2. The van der Waals surface area contributed by atoms with Crippen LogP contribution in [0.4, 0.5) is 0 Å². The minimum atomic E-state index is -0.412. The van der Waals surface area contributed by atoms with Crippen molar-refractivity contribution in [2.24, 2.45) is 11.3 Å². The second-order valence-electron chi connectivity index (χ2n) is 7.87. The lowest BCUT2D eigenvalue weighted by Crippen LogP contribution is -2.54. The first-order chi connectivity index (χ1) is 10.8. The molecule has 3 rings (SSSR count). The maximum Gasteiger partial charge on any atom is 0.123 e. The van der Waals surface area contributed by atoms with Crippen molar-refractivity contribution in [3.63, 3.8) is 0 Å². The zero-order valence-corrected chi connectivity index (χ0v) is 15.1. The summed E-state index contributed by atoms with van der Waals surface area (Å²) in [5.74, 6) is 2.18. The van der Waals surface area contributed by atoms with E-state index in [1.54, 1.807) is 14.2 Å². The van der Waals surface area contributed by atoms with Gasteiger partial charge in [-0.3, -0.25) is 0 Å². The molecule has 0 saturated carbocycles. The molecule has 0 saturated heterocycles. The van der Waals surface area contributed by atoms with Crippen LogP contribution in [0.1, 0.15) is 45.2 Å². The van der Waals surface area contributed by atoms with Crippen molar-refractivity contribution in [1.29, 1.82) is 0 Å². The molecule has 1 aromatic rings. The minimum absolute atomic E-state index is 0.0968. The molecule has 3 heteroatoms. The Morgan fingerprint density at radius 1 is 1.09 bits per heavy atom. The third-order valence-corrected chi connectivity index (χ3v) is 6.27. The first-order valence-electron chi connectivity index (χ1n) is 8.36. The summed E-state index contributed by atoms with van der Waals surface area (Å²) in [6, 6.07) is 3.98. The maximum atomic E-state index is 10.9. The van der Waals surface area contributed by atoms with E-state index in [1.165, 1.54) is 11.1 Å². The molecule has 23 heavy (non-hydrogen) atoms. The van der Waals surface area contributed by atoms with Crippen molar-refractivity contribution in [3.05, 3.63) is 34.9 Å². The fraction of sp³-hybridized carbons (Fsp3) is 0.600. The molecular formula is C20H28O3. The molecule has 1 unspecified atom stereocenters. The van der Waals surface area contributed by atoms with Crippen molar-refractivity contribution < 1.29 is 14.6 Å². The third kappa shape index (κ3) is 2.13. The van der Waals surface area contributed by atoms with Crippen LogP contribution in [0.2, 0.25) is 0 Å². The molecular weight excluding hydrogens is 288 g/mol. The van der Waals surface area contributed by atoms with Crippen LogP contribution < -0.4 is 9.47 Å². The van der Waals surface area contributed by atoms with Crippen molar-refractivity contribution in [3.8, 4) is 11.5 Å². The number of aliphatic hydroxyl groups is 1. The van der Waals surface area contributed by atoms with E-state index < -0.39 is 6.10 Å². The van der Waals surface area contributed by atoms with Crippen molar-refractivity contribution in [1.82, 2.24) is 0 Å². The van der Waals surface area contributed by atoms with Gasteiger partial charge in [-0.15, -0.1) is 0 Å². The number of fused-ring (bicyclic) bond motifs is 2. The number of rotatable bonds is 2. The first kappa shape index (κ1) is 16.4. The Kier molecular flexibility index (Phi) is 3.75. The van der Waals surface area contributed by atoms with Crippen LogP contribution in [0.5, 0.6) is 11.5 Å². The monoisotopic (exact) mass is 316 g/mol. The third-order valence-electron chi connectivity index (χ3n) is 6.27. The summed E-state index contributed by atoms with van der Waals surface area (Å²) in [6.07, 6.45) is 3.59. The number of benzene rings is 1. The van der Waals surface area contributed by atoms with Crippen molar-refractivity contribution >= 4 is 0 Å². The molecule has 0 aromatic heterocycles. The molecule has 0 heterocycles. The van der Waals surface area contributed by atoms with Crippen molar-refractivity contribution in [2.75, 3.05) is 14.2 Å². The average molecular weight is 316 g/mol. The molecule has 0 aliphatic heterocycles. The fourth-order valence-electron chi connectivity index (χ4n) is 5.14. The zero-order valence-electron chi connectivity index (χ0n) is 15.1. The summed E-state index contributed by atoms with van der Waals surface area (Å²) in [7, 11) is 3.44. The second kappa shape index (κ2) is 5.27. The molecule has 3 nitrogen and oxygen atoms in total. The van der Waals surface area contributed by atoms with Crippen LogP contribution in [-0.2, 0) is 11.8 Å². The summed E-state index contributed by atoms with van der Waals surface area (Å²) < 4.78 is 11.3. The summed E-state index contributed by atoms with van der Waals surface area (Å²) in [5.41, 5.74) is 3.23. The highest BCUT2D eigenvalue weighted by Crippen LogP contribution is 2.59. The molecule has 0 amide bonds. The smallest absolute Gasteiger partial charge is 0.123 e. The van der Waals surface area contributed by atoms with Gasteiger partial charge in [0.2, 0.25) is 0 Å². The molecule has 2 aliphatic rings. The maximum absolute atomic E-state index is 10.9. The molecule has 126 valence electrons. The van der Waals surface area contributed by atoms with Gasteiger partial charge in [-0.25, -0.2) is 0 Å². The average Bonchev–Trinajstić information content (AvgIpc) is 2.51. The van der Waals surface area contributed by atoms with E-state index in [-0.39, 0.29) is 10.8 Å². The van der Waals surface area contributed by atoms with Crippen LogP contribution in [0.25, 0.3) is 0 Å². The highest BCUT2D eigenvalue weighted by molar-refractivity contribution is 5.55. The number of ether oxygens (including phenoxy) is 2. The van der Waals surface area contributed by atoms with Gasteiger partial charge in [-0.05, 0) is 48.8 Å². The van der Waals surface area contributed by atoms with Gasteiger partial charge in [0, 0.05) is 16.5 Å². The topological polar surface area (TPSA) is 38.7 Å². The van der Waals surface area contributed by atoms with Gasteiger partial charge in [0.15, 0.2) is 0 Å². The largest absolute Gasteiger partial charge is 0.496 e. The second-order valence-corrected chi connectivity index (χ2v) is 7.87. The Balaban J connectivity index is 2.27. The SMILES string of the molecule is COc1ccc(OC)c2c1C[C@]1(C)C(O)C(C)=CC[C@H]1C2(C)C. The summed E-state index contributed by atoms with van der Waals surface area (Å²) in [4.78, 5) is 0. The van der Waals surface area contributed by atoms with Gasteiger partial charge in [0.05, 0.1) is 20.3 Å². The summed E-state index contributed by atoms with van der Waals surface area (Å²) in [5, 5.41) is 10.9. The summed E-state index contributed by atoms with van der Waals surface area (Å²) >= 11 is 0. The Bertz CT molecular complexity index is 659. The lowest BCUT2D eigenvalue weighted by atomic mass is 9.49. The molecule has 1 N–H and O–H groups in total. The standard InChI is InChI=1S/C20H28O3/c1-12-7-10-16-19(2,3)17-13(11-20(16,4)18(12)21)14(22-5)8-9-15(17)23-6/h7-9,16,18,21H,10-11H2,1-6H3/t16-,18?,20-/m0/s1. The number of hydrogen-bond acceptors (Lipinski definition) is 3. The highest BCUT2D eigenvalue weighted by Gasteiger charge is 2.55. The van der Waals surface area contributed by atoms with E-state index in [9.17, 15) is 5.11 Å². The predicted molar refractivity (Wildman–Crippen MR) is 92.3 cm³/mol. The molecule has 0 fully saturated rings. The van der Waals surface area contributed by atoms with Crippen LogP contribution in [0, 0.1) is 11.3 Å². The Labute approximate surface area is 139 Å². The van der Waals surface area contributed by atoms with Gasteiger partial charge < -0.3 is 14.6 Å². The zero-order chi connectivity index (χ0) is 17.0. The van der Waals surface area contributed by atoms with Gasteiger partial charge in [0.1, 0.15) is 11.5 Å². The quantitative estimate of drug-likeness (QED) is 0.842. The lowest BCUT2D eigenvalue weighted by molar-refractivity contribution is -0.0298. The van der Waals surface area contributed by atoms with Crippen LogP contribution in [0.15, 0.2) is 23.8 Å². The van der Waals surface area contributed by atoms with Gasteiger partial charge in [-0.1, -0.05) is 26.8 Å². The van der Waals surface area contributed by atoms with Crippen LogP contribution >= 0.6 is 0 Å². The van der Waals surface area contributed by atoms with Crippen LogP contribution in [0.3, 0.4) is 0 Å². The minimum Gasteiger partial charge on any atom is -0.496 e. The molecule has 0 radical (unpaired) electrons. The van der Waals surface area contributed by atoms with Gasteiger partial charge >= 0.3 is 0 Å². The lowest BCUT2D eigenvalue weighted by Gasteiger charge is -2.55. The number of hydrogen-bond donors (Lipinski definition) is 1. The normalized spacial score (nSPS) is 31.7. The number of aliphatic hydroxyl groups excluding tert-OH is 1. The molecule has 3 atom stereocenters. The van der Waals surface area contributed by atoms with E-state index in [0.717, 1.165) is 29.9 Å². The Morgan fingerprint density at radius 3 is 2.30 bits per heavy atom. The van der Waals surface area contributed by atoms with E-state index in [4.69, 9.17) is 9.47 Å². The predicted octanol–water partition coefficient (Wildman–Crippen LogP) is 3.87. The van der Waals surface area contributed by atoms with E-state index in [2.05, 4.69) is 26.8 Å². The molecule has 2 aliphatic carbocycles. The Morgan fingerprint density at radius 2 is 1.70 bits per heavy atom. The molecule has 0 spiro atoms. The highest BCUT2D eigenvalue weighted by atomic mass is 16.5. The Hall–Kier alpha value is -1.48.